The Labute approximate surface area is 133 Å². The highest BCUT2D eigenvalue weighted by Crippen LogP contribution is 2.26. The lowest BCUT2D eigenvalue weighted by Gasteiger charge is -2.18. The van der Waals surface area contributed by atoms with Crippen LogP contribution >= 0.6 is 15.9 Å². The molecule has 21 heavy (non-hydrogen) atoms. The number of nitrogens with one attached hydrogen (secondary N) is 1. The van der Waals surface area contributed by atoms with Gasteiger partial charge in [0.15, 0.2) is 0 Å². The number of halogens is 1. The van der Waals surface area contributed by atoms with E-state index in [0.29, 0.717) is 11.4 Å². The number of nitriles is 1. The van der Waals surface area contributed by atoms with Crippen LogP contribution in [0.5, 0.6) is 0 Å². The van der Waals surface area contributed by atoms with Gasteiger partial charge in [0.25, 0.3) is 0 Å². The lowest BCUT2D eigenvalue weighted by molar-refractivity contribution is 0.544. The van der Waals surface area contributed by atoms with Crippen LogP contribution in [0.1, 0.15) is 37.7 Å². The molecule has 0 spiro atoms. The molecule has 0 saturated heterocycles. The molecule has 0 radical (unpaired) electrons. The summed E-state index contributed by atoms with van der Waals surface area (Å²) in [6.07, 6.45) is 0. The number of nitrogens with zero attached hydrogens (tertiary/aromatic N) is 3. The lowest BCUT2D eigenvalue weighted by Crippen LogP contribution is -2.17. The quantitative estimate of drug-likeness (QED) is 0.817. The average molecular weight is 345 g/mol. The molecule has 0 aliphatic heterocycles. The smallest absolute Gasteiger partial charge is 0.137 e. The molecule has 2 rings (SSSR count). The molecule has 0 saturated carbocycles. The van der Waals surface area contributed by atoms with Crippen LogP contribution in [-0.2, 0) is 5.41 Å². The average Bonchev–Trinajstić information content (AvgIpc) is 2.39. The first-order valence-corrected chi connectivity index (χ1v) is 7.42. The van der Waals surface area contributed by atoms with Crippen LogP contribution in [0.3, 0.4) is 0 Å². The van der Waals surface area contributed by atoms with Gasteiger partial charge in [-0.25, -0.2) is 9.97 Å². The van der Waals surface area contributed by atoms with E-state index >= 15 is 0 Å². The van der Waals surface area contributed by atoms with E-state index in [-0.39, 0.29) is 5.41 Å². The van der Waals surface area contributed by atoms with Gasteiger partial charge in [0, 0.05) is 17.2 Å². The first-order chi connectivity index (χ1) is 9.79. The second-order valence-corrected chi connectivity index (χ2v) is 6.73. The molecule has 0 bridgehead atoms. The molecule has 4 nitrogen and oxygen atoms in total. The van der Waals surface area contributed by atoms with Crippen molar-refractivity contribution in [3.8, 4) is 6.07 Å². The van der Waals surface area contributed by atoms with Gasteiger partial charge in [-0.2, -0.15) is 5.26 Å². The summed E-state index contributed by atoms with van der Waals surface area (Å²) in [7, 11) is 0. The summed E-state index contributed by atoms with van der Waals surface area (Å²) in [5.41, 5.74) is 2.41. The Balaban J connectivity index is 2.41. The highest BCUT2D eigenvalue weighted by atomic mass is 79.9. The molecule has 0 atom stereocenters. The van der Waals surface area contributed by atoms with Gasteiger partial charge < -0.3 is 5.32 Å². The topological polar surface area (TPSA) is 61.6 Å². The molecule has 1 N–H and O–H groups in total. The third-order valence-corrected chi connectivity index (χ3v) is 3.40. The molecular weight excluding hydrogens is 328 g/mol. The van der Waals surface area contributed by atoms with E-state index in [4.69, 9.17) is 5.26 Å². The van der Waals surface area contributed by atoms with Crippen LogP contribution < -0.4 is 5.32 Å². The van der Waals surface area contributed by atoms with Crippen molar-refractivity contribution in [2.24, 2.45) is 0 Å². The van der Waals surface area contributed by atoms with Crippen LogP contribution in [0, 0.1) is 18.3 Å². The number of hydrogen-bond acceptors (Lipinski definition) is 4. The minimum Gasteiger partial charge on any atom is -0.340 e. The first-order valence-electron chi connectivity index (χ1n) is 6.62. The molecule has 1 heterocycles. The maximum Gasteiger partial charge on any atom is 0.137 e. The van der Waals surface area contributed by atoms with E-state index < -0.39 is 0 Å². The fraction of sp³-hybridized carbons (Fsp3) is 0.312. The zero-order chi connectivity index (χ0) is 15.6. The molecule has 108 valence electrons. The zero-order valence-electron chi connectivity index (χ0n) is 12.5. The van der Waals surface area contributed by atoms with Crippen molar-refractivity contribution in [1.29, 1.82) is 5.26 Å². The molecule has 0 fully saturated rings. The first kappa shape index (κ1) is 15.5. The van der Waals surface area contributed by atoms with Gasteiger partial charge in [-0.3, -0.25) is 0 Å². The van der Waals surface area contributed by atoms with Crippen molar-refractivity contribution in [1.82, 2.24) is 9.97 Å². The lowest BCUT2D eigenvalue weighted by atomic mass is 9.96. The van der Waals surface area contributed by atoms with Crippen molar-refractivity contribution in [3.63, 3.8) is 0 Å². The molecule has 0 aliphatic rings. The Hall–Kier alpha value is -1.93. The summed E-state index contributed by atoms with van der Waals surface area (Å²) in [5, 5.41) is 12.3. The maximum atomic E-state index is 9.00. The van der Waals surface area contributed by atoms with E-state index in [1.54, 1.807) is 6.07 Å². The van der Waals surface area contributed by atoms with Crippen molar-refractivity contribution in [3.05, 3.63) is 45.8 Å². The van der Waals surface area contributed by atoms with E-state index in [1.165, 1.54) is 0 Å². The van der Waals surface area contributed by atoms with Crippen LogP contribution in [0.15, 0.2) is 28.9 Å². The van der Waals surface area contributed by atoms with Crippen molar-refractivity contribution in [2.75, 3.05) is 5.32 Å². The van der Waals surface area contributed by atoms with Crippen LogP contribution in [0.2, 0.25) is 0 Å². The van der Waals surface area contributed by atoms with Gasteiger partial charge in [-0.1, -0.05) is 26.8 Å². The predicted octanol–water partition coefficient (Wildman–Crippen LogP) is 4.46. The van der Waals surface area contributed by atoms with E-state index in [0.717, 1.165) is 21.7 Å². The van der Waals surface area contributed by atoms with Crippen LogP contribution in [0.4, 0.5) is 11.5 Å². The zero-order valence-corrected chi connectivity index (χ0v) is 14.1. The number of benzene rings is 1. The third-order valence-electron chi connectivity index (χ3n) is 3.00. The van der Waals surface area contributed by atoms with Gasteiger partial charge in [-0.05, 0) is 40.5 Å². The fourth-order valence-corrected chi connectivity index (χ4v) is 2.17. The SMILES string of the molecule is Cc1ccc(C#N)cc1Nc1cc(Br)nc(C(C)(C)C)n1. The molecule has 0 amide bonds. The second-order valence-electron chi connectivity index (χ2n) is 5.92. The number of hydrogen-bond donors (Lipinski definition) is 1. The van der Waals surface area contributed by atoms with Crippen LogP contribution in [0.25, 0.3) is 0 Å². The Bertz CT molecular complexity index is 711. The number of aryl methyl sites for hydroxylation is 1. The Morgan fingerprint density at radius 3 is 2.52 bits per heavy atom. The van der Waals surface area contributed by atoms with Gasteiger partial charge in [-0.15, -0.1) is 0 Å². The predicted molar refractivity (Wildman–Crippen MR) is 87.6 cm³/mol. The van der Waals surface area contributed by atoms with E-state index in [2.05, 4.69) is 58.1 Å². The molecule has 1 aromatic heterocycles. The normalized spacial score (nSPS) is 11.0. The minimum absolute atomic E-state index is 0.135. The van der Waals surface area contributed by atoms with E-state index in [9.17, 15) is 0 Å². The summed E-state index contributed by atoms with van der Waals surface area (Å²) in [4.78, 5) is 8.98. The van der Waals surface area contributed by atoms with Gasteiger partial charge >= 0.3 is 0 Å². The highest BCUT2D eigenvalue weighted by Gasteiger charge is 2.19. The maximum absolute atomic E-state index is 9.00. The molecule has 5 heteroatoms. The van der Waals surface area contributed by atoms with Gasteiger partial charge in [0.2, 0.25) is 0 Å². The summed E-state index contributed by atoms with van der Waals surface area (Å²) in [6, 6.07) is 9.52. The van der Waals surface area contributed by atoms with E-state index in [1.807, 2.05) is 25.1 Å². The van der Waals surface area contributed by atoms with Crippen molar-refractivity contribution < 1.29 is 0 Å². The summed E-state index contributed by atoms with van der Waals surface area (Å²) in [6.45, 7) is 8.20. The summed E-state index contributed by atoms with van der Waals surface area (Å²) >= 11 is 3.42. The number of rotatable bonds is 2. The summed E-state index contributed by atoms with van der Waals surface area (Å²) < 4.78 is 0.735. The molecule has 1 aromatic carbocycles. The largest absolute Gasteiger partial charge is 0.340 e. The van der Waals surface area contributed by atoms with Crippen LogP contribution in [-0.4, -0.2) is 9.97 Å². The molecule has 0 unspecified atom stereocenters. The Morgan fingerprint density at radius 2 is 1.90 bits per heavy atom. The molecule has 2 aromatic rings. The summed E-state index contributed by atoms with van der Waals surface area (Å²) in [5.74, 6) is 1.47. The highest BCUT2D eigenvalue weighted by molar-refractivity contribution is 9.10. The number of aromatic nitrogens is 2. The minimum atomic E-state index is -0.135. The third kappa shape index (κ3) is 3.79. The van der Waals surface area contributed by atoms with Gasteiger partial charge in [0.05, 0.1) is 11.6 Å². The number of anilines is 2. The second kappa shape index (κ2) is 5.82. The molecule has 0 aliphatic carbocycles. The van der Waals surface area contributed by atoms with Gasteiger partial charge in [0.1, 0.15) is 16.2 Å². The fourth-order valence-electron chi connectivity index (χ4n) is 1.78. The van der Waals surface area contributed by atoms with Crippen molar-refractivity contribution in [2.45, 2.75) is 33.1 Å². The molecular formula is C16H17BrN4. The Kier molecular flexibility index (Phi) is 4.29. The monoisotopic (exact) mass is 344 g/mol. The Morgan fingerprint density at radius 1 is 1.19 bits per heavy atom. The van der Waals surface area contributed by atoms with Crippen molar-refractivity contribution >= 4 is 27.4 Å². The standard InChI is InChI=1S/C16H17BrN4/c1-10-5-6-11(9-18)7-12(10)19-14-8-13(17)20-15(21-14)16(2,3)4/h5-8H,1-4H3,(H,19,20,21).